The Morgan fingerprint density at radius 2 is 1.77 bits per heavy atom. The Bertz CT molecular complexity index is 466. The number of rotatable bonds is 2. The van der Waals surface area contributed by atoms with Crippen molar-refractivity contribution in [2.24, 2.45) is 28.1 Å². The topological polar surface area (TPSA) is 20.3 Å². The van der Waals surface area contributed by atoms with Gasteiger partial charge < -0.3 is 4.90 Å². The molecular weight excluding hydrogens is 270 g/mol. The first kappa shape index (κ1) is 15.0. The van der Waals surface area contributed by atoms with E-state index in [1.54, 1.807) is 0 Å². The van der Waals surface area contributed by atoms with E-state index in [1.165, 1.54) is 57.8 Å². The number of carbonyl (C=O) groups excluding carboxylic acids is 1. The smallest absolute Gasteiger partial charge is 0.228 e. The third-order valence-electron chi connectivity index (χ3n) is 7.46. The first-order chi connectivity index (χ1) is 10.4. The lowest BCUT2D eigenvalue weighted by molar-refractivity contribution is -0.180. The Morgan fingerprint density at radius 3 is 2.36 bits per heavy atom. The first-order valence-corrected chi connectivity index (χ1v) is 9.65. The number of hydrogen-bond acceptors (Lipinski definition) is 1. The lowest BCUT2D eigenvalue weighted by Crippen LogP contribution is -2.61. The number of likely N-dealkylation sites (tertiary alicyclic amines) is 1. The van der Waals surface area contributed by atoms with Gasteiger partial charge in [0.05, 0.1) is 5.41 Å². The first-order valence-electron chi connectivity index (χ1n) is 9.65. The molecule has 0 aromatic carbocycles. The van der Waals surface area contributed by atoms with Gasteiger partial charge >= 0.3 is 0 Å². The molecule has 5 rings (SSSR count). The van der Waals surface area contributed by atoms with E-state index < -0.39 is 0 Å². The standard InChI is InChI=1S/C20H33NO/c1-4-15-6-5-7-21(11-15)17(22)20-10-16-8-18(2,13-20)12-19(3,9-16)14-20/h15-16H,4-14H2,1-3H3. The molecular formula is C20H33NO. The summed E-state index contributed by atoms with van der Waals surface area (Å²) in [5.41, 5.74) is 0.909. The average Bonchev–Trinajstić information content (AvgIpc) is 2.42. The summed E-state index contributed by atoms with van der Waals surface area (Å²) in [6.45, 7) is 9.29. The summed E-state index contributed by atoms with van der Waals surface area (Å²) >= 11 is 0. The third-order valence-corrected chi connectivity index (χ3v) is 7.46. The van der Waals surface area contributed by atoms with E-state index in [4.69, 9.17) is 0 Å². The van der Waals surface area contributed by atoms with E-state index >= 15 is 0 Å². The zero-order valence-corrected chi connectivity index (χ0v) is 14.8. The van der Waals surface area contributed by atoms with Crippen LogP contribution in [0.15, 0.2) is 0 Å². The van der Waals surface area contributed by atoms with Crippen molar-refractivity contribution in [3.63, 3.8) is 0 Å². The van der Waals surface area contributed by atoms with Crippen molar-refractivity contribution < 1.29 is 4.79 Å². The molecule has 2 heteroatoms. The second-order valence-electron chi connectivity index (χ2n) is 10.1. The molecule has 0 aromatic heterocycles. The quantitative estimate of drug-likeness (QED) is 0.728. The molecule has 5 fully saturated rings. The normalized spacial score (nSPS) is 50.4. The van der Waals surface area contributed by atoms with Gasteiger partial charge in [-0.2, -0.15) is 0 Å². The zero-order chi connectivity index (χ0) is 15.6. The zero-order valence-electron chi connectivity index (χ0n) is 14.8. The summed E-state index contributed by atoms with van der Waals surface area (Å²) in [5, 5.41) is 0. The highest BCUT2D eigenvalue weighted by atomic mass is 16.2. The third kappa shape index (κ3) is 2.24. The van der Waals surface area contributed by atoms with E-state index in [-0.39, 0.29) is 5.41 Å². The van der Waals surface area contributed by atoms with Gasteiger partial charge in [-0.05, 0) is 74.0 Å². The summed E-state index contributed by atoms with van der Waals surface area (Å²) in [6.07, 6.45) is 11.5. The molecule has 1 aliphatic heterocycles. The SMILES string of the molecule is CCC1CCCN(C(=O)C23CC4CC(C)(CC(C)(C4)C2)C3)C1. The van der Waals surface area contributed by atoms with Crippen molar-refractivity contribution in [3.05, 3.63) is 0 Å². The number of hydrogen-bond donors (Lipinski definition) is 0. The van der Waals surface area contributed by atoms with Crippen LogP contribution in [-0.2, 0) is 4.79 Å². The van der Waals surface area contributed by atoms with Gasteiger partial charge in [-0.25, -0.2) is 0 Å². The second-order valence-corrected chi connectivity index (χ2v) is 10.1. The predicted molar refractivity (Wildman–Crippen MR) is 89.4 cm³/mol. The van der Waals surface area contributed by atoms with E-state index in [0.29, 0.717) is 16.7 Å². The number of carbonyl (C=O) groups is 1. The van der Waals surface area contributed by atoms with E-state index in [1.807, 2.05) is 0 Å². The Hall–Kier alpha value is -0.530. The van der Waals surface area contributed by atoms with Crippen molar-refractivity contribution in [1.82, 2.24) is 4.90 Å². The molecule has 1 amide bonds. The molecule has 0 N–H and O–H groups in total. The van der Waals surface area contributed by atoms with Gasteiger partial charge in [-0.3, -0.25) is 4.79 Å². The highest BCUT2D eigenvalue weighted by molar-refractivity contribution is 5.83. The molecule has 2 nitrogen and oxygen atoms in total. The summed E-state index contributed by atoms with van der Waals surface area (Å²) in [5.74, 6) is 2.12. The Labute approximate surface area is 136 Å². The van der Waals surface area contributed by atoms with Crippen molar-refractivity contribution in [2.45, 2.75) is 78.6 Å². The van der Waals surface area contributed by atoms with Gasteiger partial charge in [0.15, 0.2) is 0 Å². The van der Waals surface area contributed by atoms with Gasteiger partial charge in [0.25, 0.3) is 0 Å². The maximum absolute atomic E-state index is 13.5. The summed E-state index contributed by atoms with van der Waals surface area (Å²) in [7, 11) is 0. The van der Waals surface area contributed by atoms with Crippen molar-refractivity contribution in [3.8, 4) is 0 Å². The molecule has 4 saturated carbocycles. The molecule has 124 valence electrons. The maximum atomic E-state index is 13.5. The monoisotopic (exact) mass is 303 g/mol. The molecule has 4 bridgehead atoms. The van der Waals surface area contributed by atoms with Gasteiger partial charge in [0.1, 0.15) is 0 Å². The number of amides is 1. The second kappa shape index (κ2) is 4.74. The summed E-state index contributed by atoms with van der Waals surface area (Å²) in [4.78, 5) is 15.8. The predicted octanol–water partition coefficient (Wildman–Crippen LogP) is 4.63. The minimum Gasteiger partial charge on any atom is -0.342 e. The Kier molecular flexibility index (Phi) is 3.24. The van der Waals surface area contributed by atoms with Gasteiger partial charge in [0, 0.05) is 13.1 Å². The summed E-state index contributed by atoms with van der Waals surface area (Å²) < 4.78 is 0. The highest BCUT2D eigenvalue weighted by Gasteiger charge is 2.63. The van der Waals surface area contributed by atoms with Crippen LogP contribution in [-0.4, -0.2) is 23.9 Å². The molecule has 0 spiro atoms. The fourth-order valence-electron chi connectivity index (χ4n) is 7.60. The van der Waals surface area contributed by atoms with Crippen LogP contribution in [0, 0.1) is 28.1 Å². The average molecular weight is 303 g/mol. The Morgan fingerprint density at radius 1 is 1.09 bits per heavy atom. The van der Waals surface area contributed by atoms with Crippen molar-refractivity contribution in [1.29, 1.82) is 0 Å². The fraction of sp³-hybridized carbons (Fsp3) is 0.950. The van der Waals surface area contributed by atoms with Crippen molar-refractivity contribution in [2.75, 3.05) is 13.1 Å². The Balaban J connectivity index is 1.60. The lowest BCUT2D eigenvalue weighted by Gasteiger charge is -2.65. The molecule has 3 atom stereocenters. The molecule has 1 saturated heterocycles. The van der Waals surface area contributed by atoms with Crippen LogP contribution in [0.3, 0.4) is 0 Å². The summed E-state index contributed by atoms with van der Waals surface area (Å²) in [6, 6.07) is 0. The molecule has 0 radical (unpaired) electrons. The van der Waals surface area contributed by atoms with Crippen LogP contribution in [0.5, 0.6) is 0 Å². The maximum Gasteiger partial charge on any atom is 0.228 e. The molecule has 5 aliphatic rings. The van der Waals surface area contributed by atoms with E-state index in [0.717, 1.165) is 24.9 Å². The number of nitrogens with zero attached hydrogens (tertiary/aromatic N) is 1. The minimum absolute atomic E-state index is 0.0124. The molecule has 22 heavy (non-hydrogen) atoms. The molecule has 0 aromatic rings. The van der Waals surface area contributed by atoms with Crippen LogP contribution in [0.2, 0.25) is 0 Å². The van der Waals surface area contributed by atoms with E-state index in [9.17, 15) is 4.79 Å². The van der Waals surface area contributed by atoms with Crippen LogP contribution in [0.4, 0.5) is 0 Å². The molecule has 4 aliphatic carbocycles. The van der Waals surface area contributed by atoms with Gasteiger partial charge in [-0.1, -0.05) is 27.2 Å². The minimum atomic E-state index is 0.0124. The highest BCUT2D eigenvalue weighted by Crippen LogP contribution is 2.69. The largest absolute Gasteiger partial charge is 0.342 e. The van der Waals surface area contributed by atoms with E-state index in [2.05, 4.69) is 25.7 Å². The number of piperidine rings is 1. The van der Waals surface area contributed by atoms with Crippen LogP contribution >= 0.6 is 0 Å². The van der Waals surface area contributed by atoms with Gasteiger partial charge in [0.2, 0.25) is 5.91 Å². The van der Waals surface area contributed by atoms with Crippen LogP contribution in [0.1, 0.15) is 78.6 Å². The van der Waals surface area contributed by atoms with Gasteiger partial charge in [-0.15, -0.1) is 0 Å². The molecule has 3 unspecified atom stereocenters. The molecule has 1 heterocycles. The lowest BCUT2D eigenvalue weighted by atomic mass is 9.40. The fourth-order valence-corrected chi connectivity index (χ4v) is 7.60. The van der Waals surface area contributed by atoms with Crippen molar-refractivity contribution >= 4 is 5.91 Å². The van der Waals surface area contributed by atoms with Crippen LogP contribution < -0.4 is 0 Å². The van der Waals surface area contributed by atoms with Crippen LogP contribution in [0.25, 0.3) is 0 Å².